The van der Waals surface area contributed by atoms with Gasteiger partial charge in [0.15, 0.2) is 0 Å². The number of carbonyl (C=O) groups is 1. The maximum absolute atomic E-state index is 12.7. The van der Waals surface area contributed by atoms with Gasteiger partial charge in [-0.2, -0.15) is 0 Å². The fourth-order valence-corrected chi connectivity index (χ4v) is 4.31. The smallest absolute Gasteiger partial charge is 0.317 e. The molecule has 1 aromatic heterocycles. The summed E-state index contributed by atoms with van der Waals surface area (Å²) in [4.78, 5) is 21.7. The largest absolute Gasteiger partial charge is 0.338 e. The van der Waals surface area contributed by atoms with E-state index in [4.69, 9.17) is 0 Å². The number of benzene rings is 1. The Bertz CT molecular complexity index is 736. The first-order valence-electron chi connectivity index (χ1n) is 9.98. The first-order chi connectivity index (χ1) is 13.3. The first kappa shape index (κ1) is 18.0. The number of nitrogens with one attached hydrogen (secondary N) is 1. The van der Waals surface area contributed by atoms with Crippen LogP contribution >= 0.6 is 0 Å². The van der Waals surface area contributed by atoms with Gasteiger partial charge in [-0.15, -0.1) is 0 Å². The minimum Gasteiger partial charge on any atom is -0.338 e. The molecule has 3 aliphatic rings. The molecule has 2 bridgehead atoms. The molecule has 2 aromatic rings. The maximum Gasteiger partial charge on any atom is 0.317 e. The van der Waals surface area contributed by atoms with Gasteiger partial charge >= 0.3 is 6.03 Å². The Morgan fingerprint density at radius 3 is 2.70 bits per heavy atom. The highest BCUT2D eigenvalue weighted by atomic mass is 16.2. The number of aromatic nitrogens is 1. The lowest BCUT2D eigenvalue weighted by molar-refractivity contribution is 0.122. The molecule has 3 saturated heterocycles. The van der Waals surface area contributed by atoms with Crippen molar-refractivity contribution in [3.63, 3.8) is 0 Å². The summed E-state index contributed by atoms with van der Waals surface area (Å²) in [5.41, 5.74) is 2.37. The van der Waals surface area contributed by atoms with Crippen LogP contribution in [0.5, 0.6) is 0 Å². The van der Waals surface area contributed by atoms with Crippen LogP contribution in [-0.2, 0) is 13.0 Å². The zero-order chi connectivity index (χ0) is 18.5. The van der Waals surface area contributed by atoms with Gasteiger partial charge in [0.1, 0.15) is 0 Å². The Hall–Kier alpha value is -2.40. The van der Waals surface area contributed by atoms with E-state index in [1.54, 1.807) is 0 Å². The lowest BCUT2D eigenvalue weighted by Gasteiger charge is -2.35. The van der Waals surface area contributed by atoms with E-state index >= 15 is 0 Å². The van der Waals surface area contributed by atoms with Crippen LogP contribution in [0, 0.1) is 5.92 Å². The van der Waals surface area contributed by atoms with Crippen LogP contribution in [0.4, 0.5) is 4.79 Å². The number of nitrogens with zero attached hydrogens (tertiary/aromatic N) is 3. The molecule has 0 unspecified atom stereocenters. The van der Waals surface area contributed by atoms with E-state index in [2.05, 4.69) is 33.4 Å². The van der Waals surface area contributed by atoms with Gasteiger partial charge in [0.05, 0.1) is 5.69 Å². The van der Waals surface area contributed by atoms with Crippen molar-refractivity contribution in [2.24, 2.45) is 5.92 Å². The summed E-state index contributed by atoms with van der Waals surface area (Å²) in [7, 11) is 0. The molecule has 3 fully saturated rings. The highest BCUT2D eigenvalue weighted by Gasteiger charge is 2.36. The van der Waals surface area contributed by atoms with E-state index in [0.29, 0.717) is 18.5 Å². The fraction of sp³-hybridized carbons (Fsp3) is 0.455. The van der Waals surface area contributed by atoms with Crippen LogP contribution < -0.4 is 5.32 Å². The van der Waals surface area contributed by atoms with E-state index in [-0.39, 0.29) is 6.03 Å². The molecule has 0 spiro atoms. The molecule has 5 heteroatoms. The van der Waals surface area contributed by atoms with Crippen LogP contribution in [0.15, 0.2) is 54.7 Å². The van der Waals surface area contributed by atoms with Crippen molar-refractivity contribution >= 4 is 6.03 Å². The van der Waals surface area contributed by atoms with Crippen LogP contribution in [-0.4, -0.2) is 53.0 Å². The van der Waals surface area contributed by atoms with Gasteiger partial charge in [-0.25, -0.2) is 4.79 Å². The quantitative estimate of drug-likeness (QED) is 0.887. The monoisotopic (exact) mass is 364 g/mol. The highest BCUT2D eigenvalue weighted by Crippen LogP contribution is 2.29. The molecular formula is C22H28N4O. The summed E-state index contributed by atoms with van der Waals surface area (Å²) in [5.74, 6) is 0.562. The number of hydrogen-bond donors (Lipinski definition) is 1. The summed E-state index contributed by atoms with van der Waals surface area (Å²) in [6.45, 7) is 4.32. The van der Waals surface area contributed by atoms with Crippen molar-refractivity contribution in [2.45, 2.75) is 31.8 Å². The first-order valence-corrected chi connectivity index (χ1v) is 9.98. The predicted molar refractivity (Wildman–Crippen MR) is 106 cm³/mol. The fourth-order valence-electron chi connectivity index (χ4n) is 4.31. The number of urea groups is 1. The average Bonchev–Trinajstić information content (AvgIpc) is 3.02. The molecule has 4 heterocycles. The molecule has 0 radical (unpaired) electrons. The Kier molecular flexibility index (Phi) is 5.68. The van der Waals surface area contributed by atoms with Gasteiger partial charge in [0.25, 0.3) is 0 Å². The van der Waals surface area contributed by atoms with Crippen molar-refractivity contribution in [2.75, 3.05) is 26.2 Å². The predicted octanol–water partition coefficient (Wildman–Crippen LogP) is 2.93. The van der Waals surface area contributed by atoms with Crippen molar-refractivity contribution in [3.05, 3.63) is 66.0 Å². The molecule has 0 saturated carbocycles. The Morgan fingerprint density at radius 2 is 1.89 bits per heavy atom. The minimum absolute atomic E-state index is 0.0857. The third-order valence-corrected chi connectivity index (χ3v) is 5.74. The molecule has 0 aliphatic carbocycles. The van der Waals surface area contributed by atoms with Crippen LogP contribution in [0.25, 0.3) is 0 Å². The molecule has 142 valence electrons. The van der Waals surface area contributed by atoms with E-state index in [9.17, 15) is 4.79 Å². The third-order valence-electron chi connectivity index (χ3n) is 5.74. The minimum atomic E-state index is 0.0857. The number of carbonyl (C=O) groups excluding carboxylic acids is 1. The molecule has 1 aromatic carbocycles. The average molecular weight is 364 g/mol. The molecule has 5 rings (SSSR count). The molecule has 27 heavy (non-hydrogen) atoms. The Balaban J connectivity index is 1.32. The summed E-state index contributed by atoms with van der Waals surface area (Å²) in [6, 6.07) is 16.9. The van der Waals surface area contributed by atoms with Gasteiger partial charge < -0.3 is 10.2 Å². The third kappa shape index (κ3) is 4.66. The van der Waals surface area contributed by atoms with E-state index in [1.165, 1.54) is 18.4 Å². The van der Waals surface area contributed by atoms with Gasteiger partial charge in [0.2, 0.25) is 0 Å². The maximum atomic E-state index is 12.7. The van der Waals surface area contributed by atoms with Crippen molar-refractivity contribution in [3.8, 4) is 0 Å². The topological polar surface area (TPSA) is 48.5 Å². The molecular weight excluding hydrogens is 336 g/mol. The number of amides is 2. The van der Waals surface area contributed by atoms with E-state index in [0.717, 1.165) is 38.3 Å². The van der Waals surface area contributed by atoms with Gasteiger partial charge in [-0.05, 0) is 42.9 Å². The molecule has 3 aliphatic heterocycles. The van der Waals surface area contributed by atoms with Crippen LogP contribution in [0.3, 0.4) is 0 Å². The second kappa shape index (κ2) is 8.53. The summed E-state index contributed by atoms with van der Waals surface area (Å²) in [6.07, 6.45) is 5.12. The second-order valence-corrected chi connectivity index (χ2v) is 7.72. The number of pyridine rings is 1. The standard InChI is InChI=1S/C22H28N4O/c27-22(24-13-11-18-6-2-1-3-7-18)26-15-19-9-10-21(17-26)25(14-19)16-20-8-4-5-12-23-20/h1-8,12,19,21H,9-11,13-17H2,(H,24,27)/t19-,21-/m0/s1. The van der Waals surface area contributed by atoms with Crippen molar-refractivity contribution in [1.82, 2.24) is 20.1 Å². The molecule has 2 atom stereocenters. The lowest BCUT2D eigenvalue weighted by atomic mass is 9.95. The SMILES string of the molecule is O=C(NCCc1ccccc1)N1C[C@H]2CC[C@@H](C1)N(Cc1ccccn1)C2. The Morgan fingerprint density at radius 1 is 1.04 bits per heavy atom. The molecule has 5 nitrogen and oxygen atoms in total. The summed E-state index contributed by atoms with van der Waals surface area (Å²) in [5, 5.41) is 3.12. The number of rotatable bonds is 5. The van der Waals surface area contributed by atoms with Gasteiger partial charge in [-0.1, -0.05) is 36.4 Å². The van der Waals surface area contributed by atoms with Crippen LogP contribution in [0.2, 0.25) is 0 Å². The van der Waals surface area contributed by atoms with E-state index in [1.807, 2.05) is 41.4 Å². The highest BCUT2D eigenvalue weighted by molar-refractivity contribution is 5.74. The molecule has 2 amide bonds. The van der Waals surface area contributed by atoms with Gasteiger partial charge in [-0.3, -0.25) is 9.88 Å². The summed E-state index contributed by atoms with van der Waals surface area (Å²) < 4.78 is 0. The zero-order valence-electron chi connectivity index (χ0n) is 15.8. The second-order valence-electron chi connectivity index (χ2n) is 7.72. The normalized spacial score (nSPS) is 22.4. The molecule has 1 N–H and O–H groups in total. The number of hydrogen-bond acceptors (Lipinski definition) is 3. The Labute approximate surface area is 161 Å². The number of piperidine rings is 1. The van der Waals surface area contributed by atoms with Crippen molar-refractivity contribution in [1.29, 1.82) is 0 Å². The van der Waals surface area contributed by atoms with E-state index < -0.39 is 0 Å². The van der Waals surface area contributed by atoms with Crippen LogP contribution in [0.1, 0.15) is 24.1 Å². The zero-order valence-corrected chi connectivity index (χ0v) is 15.8. The van der Waals surface area contributed by atoms with Gasteiger partial charge in [0, 0.05) is 45.0 Å². The number of fused-ring (bicyclic) bond motifs is 4. The lowest BCUT2D eigenvalue weighted by Crippen LogP contribution is -2.46. The summed E-state index contributed by atoms with van der Waals surface area (Å²) >= 11 is 0. The van der Waals surface area contributed by atoms with Crippen molar-refractivity contribution < 1.29 is 4.79 Å².